The summed E-state index contributed by atoms with van der Waals surface area (Å²) < 4.78 is 16.2. The maximum Gasteiger partial charge on any atom is 0.224 e. The Balaban J connectivity index is 1.95. The number of ether oxygens (including phenoxy) is 3. The van der Waals surface area contributed by atoms with E-state index in [4.69, 9.17) is 14.2 Å². The van der Waals surface area contributed by atoms with Gasteiger partial charge < -0.3 is 19.1 Å². The van der Waals surface area contributed by atoms with Crippen molar-refractivity contribution in [3.05, 3.63) is 0 Å². The molecule has 5 nitrogen and oxygen atoms in total. The summed E-state index contributed by atoms with van der Waals surface area (Å²) in [4.78, 5) is 14.1. The van der Waals surface area contributed by atoms with Crippen molar-refractivity contribution in [2.75, 3.05) is 52.7 Å². The molecule has 23 heavy (non-hydrogen) atoms. The molecule has 0 N–H and O–H groups in total. The predicted octanol–water partition coefficient (Wildman–Crippen LogP) is 2.88. The van der Waals surface area contributed by atoms with Crippen LogP contribution in [0.3, 0.4) is 0 Å². The molecule has 1 rings (SSSR count). The van der Waals surface area contributed by atoms with Crippen molar-refractivity contribution in [2.24, 2.45) is 5.41 Å². The summed E-state index contributed by atoms with van der Waals surface area (Å²) in [7, 11) is 0. The van der Waals surface area contributed by atoms with Gasteiger partial charge >= 0.3 is 0 Å². The van der Waals surface area contributed by atoms with E-state index in [9.17, 15) is 4.79 Å². The first-order valence-corrected chi connectivity index (χ1v) is 9.12. The summed E-state index contributed by atoms with van der Waals surface area (Å²) in [5.74, 6) is 0.219. The van der Waals surface area contributed by atoms with Crippen LogP contribution in [0.2, 0.25) is 0 Å². The van der Waals surface area contributed by atoms with Crippen LogP contribution in [0.25, 0.3) is 0 Å². The Hall–Kier alpha value is -0.650. The summed E-state index contributed by atoms with van der Waals surface area (Å²) in [6, 6.07) is 0. The third-order valence-corrected chi connectivity index (χ3v) is 4.73. The second kappa shape index (κ2) is 11.8. The van der Waals surface area contributed by atoms with Crippen LogP contribution in [-0.2, 0) is 19.0 Å². The topological polar surface area (TPSA) is 48.0 Å². The molecule has 0 atom stereocenters. The highest BCUT2D eigenvalue weighted by Crippen LogP contribution is 2.33. The molecule has 1 aliphatic rings. The third kappa shape index (κ3) is 8.68. The lowest BCUT2D eigenvalue weighted by molar-refractivity contribution is -0.134. The van der Waals surface area contributed by atoms with Crippen LogP contribution >= 0.6 is 0 Å². The van der Waals surface area contributed by atoms with Crippen LogP contribution in [0.5, 0.6) is 0 Å². The highest BCUT2D eigenvalue weighted by molar-refractivity contribution is 5.76. The van der Waals surface area contributed by atoms with E-state index < -0.39 is 0 Å². The molecular weight excluding hydrogens is 294 g/mol. The van der Waals surface area contributed by atoms with Gasteiger partial charge in [-0.2, -0.15) is 0 Å². The zero-order valence-electron chi connectivity index (χ0n) is 15.3. The second-order valence-corrected chi connectivity index (χ2v) is 6.63. The number of carbonyl (C=O) groups is 1. The molecule has 1 aliphatic heterocycles. The molecule has 0 unspecified atom stereocenters. The van der Waals surface area contributed by atoms with Gasteiger partial charge in [-0.15, -0.1) is 0 Å². The maximum absolute atomic E-state index is 12.1. The fraction of sp³-hybridized carbons (Fsp3) is 0.944. The fourth-order valence-electron chi connectivity index (χ4n) is 2.65. The average Bonchev–Trinajstić information content (AvgIpc) is 2.57. The van der Waals surface area contributed by atoms with Gasteiger partial charge in [0.05, 0.1) is 39.5 Å². The second-order valence-electron chi connectivity index (χ2n) is 6.63. The summed E-state index contributed by atoms with van der Waals surface area (Å²) in [5.41, 5.74) is 0.422. The summed E-state index contributed by atoms with van der Waals surface area (Å²) in [5, 5.41) is 0. The van der Waals surface area contributed by atoms with Crippen molar-refractivity contribution < 1.29 is 19.0 Å². The maximum atomic E-state index is 12.1. The molecule has 0 spiro atoms. The van der Waals surface area contributed by atoms with Crippen molar-refractivity contribution in [1.82, 2.24) is 4.90 Å². The molecule has 0 saturated carbocycles. The number of carbonyl (C=O) groups excluding carboxylic acids is 1. The van der Waals surface area contributed by atoms with Gasteiger partial charge in [0.25, 0.3) is 0 Å². The van der Waals surface area contributed by atoms with Crippen LogP contribution in [0, 0.1) is 5.41 Å². The first-order chi connectivity index (χ1) is 11.1. The first kappa shape index (κ1) is 20.4. The minimum Gasteiger partial charge on any atom is -0.379 e. The highest BCUT2D eigenvalue weighted by atomic mass is 16.5. The van der Waals surface area contributed by atoms with Crippen LogP contribution in [0.4, 0.5) is 0 Å². The van der Waals surface area contributed by atoms with Crippen molar-refractivity contribution in [1.29, 1.82) is 0 Å². The molecule has 0 radical (unpaired) electrons. The van der Waals surface area contributed by atoms with E-state index in [0.717, 1.165) is 39.0 Å². The molecule has 0 aliphatic carbocycles. The standard InChI is InChI=1S/C18H35NO4/c1-4-11-21-13-15-23-16-14-22-12-6-17(20)19-9-7-18(3,5-2)8-10-19/h4-16H2,1-3H3. The summed E-state index contributed by atoms with van der Waals surface area (Å²) >= 11 is 0. The SMILES string of the molecule is CCCOCCOCCOCCC(=O)N1CCC(C)(CC)CC1. The smallest absolute Gasteiger partial charge is 0.224 e. The van der Waals surface area contributed by atoms with Crippen LogP contribution < -0.4 is 0 Å². The Bertz CT molecular complexity index is 314. The van der Waals surface area contributed by atoms with Crippen molar-refractivity contribution in [3.63, 3.8) is 0 Å². The number of likely N-dealkylation sites (tertiary alicyclic amines) is 1. The molecule has 1 saturated heterocycles. The molecule has 1 heterocycles. The van der Waals surface area contributed by atoms with Gasteiger partial charge in [0.1, 0.15) is 0 Å². The molecular formula is C18H35NO4. The van der Waals surface area contributed by atoms with Gasteiger partial charge in [-0.3, -0.25) is 4.79 Å². The van der Waals surface area contributed by atoms with Gasteiger partial charge in [0.15, 0.2) is 0 Å². The van der Waals surface area contributed by atoms with Crippen molar-refractivity contribution >= 4 is 5.91 Å². The fourth-order valence-corrected chi connectivity index (χ4v) is 2.65. The molecule has 1 fully saturated rings. The number of hydrogen-bond donors (Lipinski definition) is 0. The van der Waals surface area contributed by atoms with E-state index in [1.165, 1.54) is 6.42 Å². The number of amides is 1. The number of rotatable bonds is 12. The minimum atomic E-state index is 0.219. The van der Waals surface area contributed by atoms with Gasteiger partial charge in [0.2, 0.25) is 5.91 Å². The zero-order chi connectivity index (χ0) is 17.0. The number of piperidine rings is 1. The predicted molar refractivity (Wildman–Crippen MR) is 91.6 cm³/mol. The van der Waals surface area contributed by atoms with Crippen molar-refractivity contribution in [2.45, 2.75) is 52.9 Å². The van der Waals surface area contributed by atoms with E-state index in [2.05, 4.69) is 20.8 Å². The average molecular weight is 329 g/mol. The van der Waals surface area contributed by atoms with E-state index in [1.807, 2.05) is 4.90 Å². The van der Waals surface area contributed by atoms with E-state index in [0.29, 0.717) is 44.9 Å². The normalized spacial score (nSPS) is 17.4. The zero-order valence-corrected chi connectivity index (χ0v) is 15.3. The monoisotopic (exact) mass is 329 g/mol. The molecule has 0 bridgehead atoms. The molecule has 0 aromatic heterocycles. The molecule has 5 heteroatoms. The summed E-state index contributed by atoms with van der Waals surface area (Å²) in [6.07, 6.45) is 4.93. The third-order valence-electron chi connectivity index (χ3n) is 4.73. The van der Waals surface area contributed by atoms with Crippen LogP contribution in [0.15, 0.2) is 0 Å². The van der Waals surface area contributed by atoms with Crippen molar-refractivity contribution in [3.8, 4) is 0 Å². The van der Waals surface area contributed by atoms with Gasteiger partial charge in [-0.1, -0.05) is 27.2 Å². The lowest BCUT2D eigenvalue weighted by Gasteiger charge is -2.39. The number of hydrogen-bond acceptors (Lipinski definition) is 4. The Morgan fingerprint density at radius 2 is 1.43 bits per heavy atom. The Morgan fingerprint density at radius 3 is 1.96 bits per heavy atom. The molecule has 0 aromatic rings. The Kier molecular flexibility index (Phi) is 10.5. The largest absolute Gasteiger partial charge is 0.379 e. The van der Waals surface area contributed by atoms with E-state index in [-0.39, 0.29) is 5.91 Å². The van der Waals surface area contributed by atoms with Gasteiger partial charge in [-0.05, 0) is 24.7 Å². The lowest BCUT2D eigenvalue weighted by Crippen LogP contribution is -2.42. The van der Waals surface area contributed by atoms with E-state index in [1.54, 1.807) is 0 Å². The first-order valence-electron chi connectivity index (χ1n) is 9.12. The lowest BCUT2D eigenvalue weighted by atomic mass is 9.78. The molecule has 1 amide bonds. The molecule has 0 aromatic carbocycles. The Morgan fingerprint density at radius 1 is 0.913 bits per heavy atom. The van der Waals surface area contributed by atoms with Gasteiger partial charge in [0, 0.05) is 19.7 Å². The summed E-state index contributed by atoms with van der Waals surface area (Å²) in [6.45, 7) is 12.0. The van der Waals surface area contributed by atoms with Crippen LogP contribution in [0.1, 0.15) is 52.9 Å². The Labute approximate surface area is 141 Å². The van der Waals surface area contributed by atoms with Crippen LogP contribution in [-0.4, -0.2) is 63.5 Å². The molecule has 136 valence electrons. The van der Waals surface area contributed by atoms with E-state index >= 15 is 0 Å². The minimum absolute atomic E-state index is 0.219. The van der Waals surface area contributed by atoms with Gasteiger partial charge in [-0.25, -0.2) is 0 Å². The number of nitrogens with zero attached hydrogens (tertiary/aromatic N) is 1. The quantitative estimate of drug-likeness (QED) is 0.517. The highest BCUT2D eigenvalue weighted by Gasteiger charge is 2.29.